The summed E-state index contributed by atoms with van der Waals surface area (Å²) in [5.74, 6) is 0. The van der Waals surface area contributed by atoms with Gasteiger partial charge >= 0.3 is 0 Å². The number of hydrogen-bond acceptors (Lipinski definition) is 7. The number of aldehydes is 2. The molecule has 2 atom stereocenters. The lowest BCUT2D eigenvalue weighted by atomic mass is 9.88. The van der Waals surface area contributed by atoms with Gasteiger partial charge in [0.2, 0.25) is 6.41 Å². The summed E-state index contributed by atoms with van der Waals surface area (Å²) in [7, 11) is 3.95. The summed E-state index contributed by atoms with van der Waals surface area (Å²) in [5, 5.41) is 7.45. The minimum absolute atomic E-state index is 0.192. The molecular formula is C36H65N3O4S. The van der Waals surface area contributed by atoms with E-state index in [2.05, 4.69) is 67.1 Å². The molecule has 1 amide bonds. The Bertz CT molecular complexity index is 872. The van der Waals surface area contributed by atoms with Crippen LogP contribution in [0.5, 0.6) is 0 Å². The van der Waals surface area contributed by atoms with Crippen molar-refractivity contribution >= 4 is 35.6 Å². The average Bonchev–Trinajstić information content (AvgIpc) is 3.43. The second-order valence-corrected chi connectivity index (χ2v) is 12.3. The molecule has 0 aromatic heterocycles. The number of ether oxygens (including phenoxy) is 1. The van der Waals surface area contributed by atoms with Crippen LogP contribution in [0.2, 0.25) is 0 Å². The van der Waals surface area contributed by atoms with E-state index in [1.54, 1.807) is 11.8 Å². The largest absolute Gasteiger partial charge is 0.382 e. The van der Waals surface area contributed by atoms with Crippen LogP contribution in [0, 0.1) is 5.41 Å². The van der Waals surface area contributed by atoms with E-state index in [1.807, 2.05) is 61.0 Å². The van der Waals surface area contributed by atoms with Gasteiger partial charge in [-0.15, -0.1) is 0 Å². The SMILES string of the molecule is C=CSC(=C(C)C)c1ccc(CNC)cc1.CC.CC(C)(C)C(C=O)NC=O.CCCCCOCC.CN1CCCC1C=O. The fourth-order valence-corrected chi connectivity index (χ4v) is 4.48. The second-order valence-electron chi connectivity index (χ2n) is 11.3. The molecule has 1 aliphatic heterocycles. The molecule has 1 aromatic carbocycles. The molecule has 1 fully saturated rings. The van der Waals surface area contributed by atoms with Crippen molar-refractivity contribution in [3.8, 4) is 0 Å². The summed E-state index contributed by atoms with van der Waals surface area (Å²) >= 11 is 1.68. The number of allylic oxidation sites excluding steroid dienone is 1. The Morgan fingerprint density at radius 2 is 1.73 bits per heavy atom. The maximum absolute atomic E-state index is 10.3. The molecule has 0 radical (unpaired) electrons. The standard InChI is InChI=1S/C14H19NS.C7H13NO2.C7H16O.C6H11NO.C2H6/c1-5-16-14(11(2)3)13-8-6-12(7-9-13)10-15-4;1-7(2,3)6(4-9)8-5-10;1-3-5-6-7-8-4-2;1-7-4-2-3-6(7)5-8;1-2/h5-9,15H,1,10H2,2-4H3;4-6H,1-3H3,(H,8,10);3-7H2,1-2H3;5-6H,2-4H2,1H3;1-2H3. The van der Waals surface area contributed by atoms with Crippen LogP contribution in [0.25, 0.3) is 4.91 Å². The van der Waals surface area contributed by atoms with Crippen LogP contribution < -0.4 is 10.6 Å². The predicted molar refractivity (Wildman–Crippen MR) is 193 cm³/mol. The number of likely N-dealkylation sites (N-methyl/N-ethyl adjacent to an activating group) is 1. The van der Waals surface area contributed by atoms with E-state index in [4.69, 9.17) is 4.74 Å². The average molecular weight is 636 g/mol. The van der Waals surface area contributed by atoms with E-state index >= 15 is 0 Å². The number of benzene rings is 1. The van der Waals surface area contributed by atoms with Crippen molar-refractivity contribution in [2.45, 2.75) is 113 Å². The van der Waals surface area contributed by atoms with Gasteiger partial charge in [-0.2, -0.15) is 0 Å². The van der Waals surface area contributed by atoms with Gasteiger partial charge in [-0.1, -0.05) is 103 Å². The Kier molecular flexibility index (Phi) is 32.3. The topological polar surface area (TPSA) is 87.7 Å². The Morgan fingerprint density at radius 3 is 2.05 bits per heavy atom. The van der Waals surface area contributed by atoms with Gasteiger partial charge in [0.15, 0.2) is 0 Å². The number of carbonyl (C=O) groups excluding carboxylic acids is 3. The van der Waals surface area contributed by atoms with Gasteiger partial charge in [-0.3, -0.25) is 9.69 Å². The lowest BCUT2D eigenvalue weighted by Crippen LogP contribution is -2.40. The van der Waals surface area contributed by atoms with Gasteiger partial charge in [0.05, 0.1) is 12.1 Å². The first-order chi connectivity index (χ1) is 21.0. The van der Waals surface area contributed by atoms with Crippen LogP contribution in [0.1, 0.15) is 106 Å². The lowest BCUT2D eigenvalue weighted by molar-refractivity contribution is -0.117. The smallest absolute Gasteiger partial charge is 0.207 e. The van der Waals surface area contributed by atoms with E-state index in [9.17, 15) is 14.4 Å². The lowest BCUT2D eigenvalue weighted by Gasteiger charge is -2.24. The summed E-state index contributed by atoms with van der Waals surface area (Å²) in [6.07, 6.45) is 8.38. The van der Waals surface area contributed by atoms with Crippen molar-refractivity contribution < 1.29 is 19.1 Å². The minimum Gasteiger partial charge on any atom is -0.382 e. The Balaban J connectivity index is -0.000000523. The molecule has 8 heteroatoms. The van der Waals surface area contributed by atoms with Gasteiger partial charge in [0.25, 0.3) is 0 Å². The van der Waals surface area contributed by atoms with Crippen molar-refractivity contribution in [2.24, 2.45) is 5.41 Å². The highest BCUT2D eigenvalue weighted by molar-refractivity contribution is 8.10. The van der Waals surface area contributed by atoms with Crippen molar-refractivity contribution in [1.29, 1.82) is 0 Å². The van der Waals surface area contributed by atoms with Crippen LogP contribution in [-0.4, -0.2) is 69.8 Å². The number of nitrogens with one attached hydrogen (secondary N) is 2. The summed E-state index contributed by atoms with van der Waals surface area (Å²) < 4.78 is 5.14. The second kappa shape index (κ2) is 30.8. The maximum Gasteiger partial charge on any atom is 0.207 e. The number of carbonyl (C=O) groups is 3. The normalized spacial score (nSPS) is 14.3. The van der Waals surface area contributed by atoms with Crippen LogP contribution in [0.3, 0.4) is 0 Å². The number of likely N-dealkylation sites (tertiary alicyclic amines) is 1. The van der Waals surface area contributed by atoms with Gasteiger partial charge in [0, 0.05) is 24.7 Å². The number of rotatable bonds is 14. The van der Waals surface area contributed by atoms with Gasteiger partial charge in [-0.05, 0) is 82.6 Å². The Hall–Kier alpha value is -2.26. The zero-order valence-electron chi connectivity index (χ0n) is 29.8. The third-order valence-electron chi connectivity index (χ3n) is 6.40. The molecule has 254 valence electrons. The number of amides is 1. The quantitative estimate of drug-likeness (QED) is 0.159. The zero-order chi connectivity index (χ0) is 34.4. The first kappa shape index (κ1) is 46.2. The number of thioether (sulfide) groups is 1. The van der Waals surface area contributed by atoms with Crippen LogP contribution in [-0.2, 0) is 25.7 Å². The molecule has 1 aliphatic rings. The Morgan fingerprint density at radius 1 is 1.11 bits per heavy atom. The highest BCUT2D eigenvalue weighted by atomic mass is 32.2. The van der Waals surface area contributed by atoms with E-state index < -0.39 is 0 Å². The van der Waals surface area contributed by atoms with Gasteiger partial charge < -0.3 is 25.0 Å². The maximum atomic E-state index is 10.3. The molecule has 1 heterocycles. The molecule has 0 saturated carbocycles. The van der Waals surface area contributed by atoms with Gasteiger partial charge in [-0.25, -0.2) is 0 Å². The van der Waals surface area contributed by atoms with Crippen molar-refractivity contribution in [3.63, 3.8) is 0 Å². The first-order valence-electron chi connectivity index (χ1n) is 16.0. The summed E-state index contributed by atoms with van der Waals surface area (Å²) in [4.78, 5) is 33.8. The van der Waals surface area contributed by atoms with Crippen LogP contribution >= 0.6 is 11.8 Å². The third-order valence-corrected chi connectivity index (χ3v) is 7.45. The molecule has 2 rings (SSSR count). The summed E-state index contributed by atoms with van der Waals surface area (Å²) in [5.41, 5.74) is 3.71. The molecule has 0 spiro atoms. The predicted octanol–water partition coefficient (Wildman–Crippen LogP) is 7.90. The van der Waals surface area contributed by atoms with Crippen molar-refractivity contribution in [2.75, 3.05) is 33.9 Å². The number of unbranched alkanes of at least 4 members (excludes halogenated alkanes) is 2. The van der Waals surface area contributed by atoms with E-state index in [0.717, 1.165) is 45.3 Å². The molecule has 0 aliphatic carbocycles. The molecule has 1 aromatic rings. The van der Waals surface area contributed by atoms with E-state index in [-0.39, 0.29) is 17.5 Å². The molecule has 2 unspecified atom stereocenters. The number of nitrogens with zero attached hydrogens (tertiary/aromatic N) is 1. The monoisotopic (exact) mass is 635 g/mol. The molecule has 44 heavy (non-hydrogen) atoms. The highest BCUT2D eigenvalue weighted by Crippen LogP contribution is 2.31. The number of hydrogen-bond donors (Lipinski definition) is 2. The minimum atomic E-state index is -0.384. The molecule has 2 N–H and O–H groups in total. The molecule has 0 bridgehead atoms. The van der Waals surface area contributed by atoms with E-state index in [0.29, 0.717) is 6.41 Å². The van der Waals surface area contributed by atoms with Crippen molar-refractivity contribution in [3.05, 3.63) is 53.0 Å². The van der Waals surface area contributed by atoms with Gasteiger partial charge in [0.1, 0.15) is 12.6 Å². The highest BCUT2D eigenvalue weighted by Gasteiger charge is 2.22. The van der Waals surface area contributed by atoms with Crippen LogP contribution in [0.4, 0.5) is 0 Å². The fourth-order valence-electron chi connectivity index (χ4n) is 3.81. The van der Waals surface area contributed by atoms with Crippen LogP contribution in [0.15, 0.2) is 41.8 Å². The fraction of sp³-hybridized carbons (Fsp3) is 0.639. The summed E-state index contributed by atoms with van der Waals surface area (Å²) in [6.45, 7) is 25.8. The third kappa shape index (κ3) is 24.1. The first-order valence-corrected chi connectivity index (χ1v) is 16.9. The molecule has 7 nitrogen and oxygen atoms in total. The van der Waals surface area contributed by atoms with Crippen molar-refractivity contribution in [1.82, 2.24) is 15.5 Å². The molecule has 1 saturated heterocycles. The van der Waals surface area contributed by atoms with E-state index in [1.165, 1.54) is 47.3 Å². The zero-order valence-corrected chi connectivity index (χ0v) is 30.6. The summed E-state index contributed by atoms with van der Waals surface area (Å²) in [6, 6.07) is 8.51. The Labute approximate surface area is 275 Å². The molecular weight excluding hydrogens is 570 g/mol.